The van der Waals surface area contributed by atoms with Gasteiger partial charge in [-0.05, 0) is 46.8 Å². The van der Waals surface area contributed by atoms with Crippen molar-refractivity contribution in [3.05, 3.63) is 36.2 Å². The van der Waals surface area contributed by atoms with Crippen LogP contribution in [0.5, 0.6) is 0 Å². The second-order valence-electron chi connectivity index (χ2n) is 13.1. The van der Waals surface area contributed by atoms with E-state index >= 15 is 0 Å². The van der Waals surface area contributed by atoms with Crippen molar-refractivity contribution in [3.8, 4) is 5.95 Å². The monoisotopic (exact) mass is 671 g/mol. The number of benzene rings is 1. The molecule has 5 rings (SSSR count). The van der Waals surface area contributed by atoms with Gasteiger partial charge in [0, 0.05) is 51.4 Å². The largest absolute Gasteiger partial charge is 0.444 e. The van der Waals surface area contributed by atoms with Gasteiger partial charge in [-0.3, -0.25) is 14.2 Å². The molecule has 2 aromatic heterocycles. The summed E-state index contributed by atoms with van der Waals surface area (Å²) in [5.41, 5.74) is 0.173. The third-order valence-corrected chi connectivity index (χ3v) is 8.19. The highest BCUT2D eigenvalue weighted by atomic mass is 19.3. The lowest BCUT2D eigenvalue weighted by molar-refractivity contribution is -0.140. The second-order valence-corrected chi connectivity index (χ2v) is 13.1. The number of alkyl carbamates (subject to hydrolysis) is 1. The van der Waals surface area contributed by atoms with Gasteiger partial charge in [-0.15, -0.1) is 0 Å². The number of halogens is 2. The molecule has 1 aromatic carbocycles. The minimum atomic E-state index is -2.86. The molecule has 2 aliphatic heterocycles. The molecule has 14 nitrogen and oxygen atoms in total. The molecular weight excluding hydrogens is 628 g/mol. The molecular formula is C32H43F2N9O5. The Bertz CT molecular complexity index is 1640. The van der Waals surface area contributed by atoms with Gasteiger partial charge in [0.25, 0.3) is 6.43 Å². The maximum Gasteiger partial charge on any atom is 0.408 e. The summed E-state index contributed by atoms with van der Waals surface area (Å²) in [4.78, 5) is 58.8. The van der Waals surface area contributed by atoms with Crippen molar-refractivity contribution < 1.29 is 32.6 Å². The number of piperazine rings is 1. The fourth-order valence-corrected chi connectivity index (χ4v) is 5.78. The SMILES string of the molecule is CC1CN(c2cc(N3CCOCC3)nc(-n3c(C(F)F)nc4ccccc43)n2)C(C)CN1C(=O)CN(C)C(=O)CNC(=O)OC(C)(C)C. The molecule has 260 valence electrons. The summed E-state index contributed by atoms with van der Waals surface area (Å²) >= 11 is 0. The number of imidazole rings is 1. The van der Waals surface area contributed by atoms with Gasteiger partial charge in [0.2, 0.25) is 17.8 Å². The van der Waals surface area contributed by atoms with E-state index in [1.165, 1.54) is 16.5 Å². The quantitative estimate of drug-likeness (QED) is 0.381. The number of para-hydroxylation sites is 2. The number of hydrogen-bond donors (Lipinski definition) is 1. The van der Waals surface area contributed by atoms with Crippen LogP contribution in [-0.2, 0) is 19.1 Å². The molecule has 3 amide bonds. The first-order chi connectivity index (χ1) is 22.7. The van der Waals surface area contributed by atoms with Gasteiger partial charge < -0.3 is 34.4 Å². The Labute approximate surface area is 278 Å². The number of ether oxygens (including phenoxy) is 2. The smallest absolute Gasteiger partial charge is 0.408 e. The van der Waals surface area contributed by atoms with Crippen molar-refractivity contribution in [2.75, 3.05) is 69.3 Å². The summed E-state index contributed by atoms with van der Waals surface area (Å²) in [6, 6.07) is 8.24. The predicted molar refractivity (Wildman–Crippen MR) is 175 cm³/mol. The van der Waals surface area contributed by atoms with E-state index in [2.05, 4.69) is 10.3 Å². The van der Waals surface area contributed by atoms with E-state index in [0.717, 1.165) is 0 Å². The van der Waals surface area contributed by atoms with Crippen LogP contribution >= 0.6 is 0 Å². The van der Waals surface area contributed by atoms with Crippen molar-refractivity contribution in [1.29, 1.82) is 0 Å². The minimum Gasteiger partial charge on any atom is -0.444 e. The lowest BCUT2D eigenvalue weighted by atomic mass is 10.1. The van der Waals surface area contributed by atoms with E-state index in [1.54, 1.807) is 49.9 Å². The Morgan fingerprint density at radius 1 is 1.04 bits per heavy atom. The van der Waals surface area contributed by atoms with E-state index in [4.69, 9.17) is 19.4 Å². The molecule has 0 aliphatic carbocycles. The zero-order valence-corrected chi connectivity index (χ0v) is 28.2. The van der Waals surface area contributed by atoms with Crippen LogP contribution in [0.15, 0.2) is 30.3 Å². The molecule has 4 heterocycles. The Hall–Kier alpha value is -4.60. The molecule has 16 heteroatoms. The number of hydrogen-bond acceptors (Lipinski definition) is 10. The first-order valence-electron chi connectivity index (χ1n) is 16.0. The zero-order chi connectivity index (χ0) is 34.7. The first kappa shape index (κ1) is 34.7. The molecule has 2 saturated heterocycles. The number of aromatic nitrogens is 4. The number of alkyl halides is 2. The van der Waals surface area contributed by atoms with Crippen molar-refractivity contribution >= 4 is 40.6 Å². The molecule has 0 spiro atoms. The molecule has 0 saturated carbocycles. The van der Waals surface area contributed by atoms with Crippen molar-refractivity contribution in [1.82, 2.24) is 34.6 Å². The number of anilines is 2. The average Bonchev–Trinajstić information content (AvgIpc) is 3.44. The summed E-state index contributed by atoms with van der Waals surface area (Å²) in [7, 11) is 1.50. The van der Waals surface area contributed by atoms with Crippen LogP contribution in [0.25, 0.3) is 17.0 Å². The highest BCUT2D eigenvalue weighted by Crippen LogP contribution is 2.31. The number of nitrogens with zero attached hydrogens (tertiary/aromatic N) is 8. The lowest BCUT2D eigenvalue weighted by Gasteiger charge is -2.45. The number of amides is 3. The highest BCUT2D eigenvalue weighted by molar-refractivity contribution is 5.87. The minimum absolute atomic E-state index is 0.0801. The Morgan fingerprint density at radius 3 is 2.42 bits per heavy atom. The topological polar surface area (TPSA) is 138 Å². The summed E-state index contributed by atoms with van der Waals surface area (Å²) in [6.45, 7) is 11.5. The fraction of sp³-hybridized carbons (Fsp3) is 0.562. The van der Waals surface area contributed by atoms with Crippen LogP contribution in [0.3, 0.4) is 0 Å². The Kier molecular flexibility index (Phi) is 10.3. The number of morpholine rings is 1. The summed E-state index contributed by atoms with van der Waals surface area (Å²) < 4.78 is 40.6. The van der Waals surface area contributed by atoms with Gasteiger partial charge in [-0.1, -0.05) is 12.1 Å². The van der Waals surface area contributed by atoms with Crippen LogP contribution in [-0.4, -0.2) is 124 Å². The standard InChI is InChI=1S/C32H43F2N9O5/c1-20-18-42(27(45)19-39(6)26(44)16-35-31(46)48-32(3,4)5)21(2)17-41(20)25-15-24(40-11-13-47-14-12-40)37-30(38-25)43-23-10-8-7-9-22(23)36-29(43)28(33)34/h7-10,15,20-21,28H,11-14,16-19H2,1-6H3,(H,35,46). The van der Waals surface area contributed by atoms with Crippen LogP contribution in [0.1, 0.15) is 46.9 Å². The van der Waals surface area contributed by atoms with Crippen molar-refractivity contribution in [2.45, 2.75) is 58.7 Å². The van der Waals surface area contributed by atoms with Crippen LogP contribution in [0.2, 0.25) is 0 Å². The van der Waals surface area contributed by atoms with E-state index in [0.29, 0.717) is 62.1 Å². The van der Waals surface area contributed by atoms with E-state index in [1.807, 2.05) is 29.7 Å². The second kappa shape index (κ2) is 14.3. The average molecular weight is 672 g/mol. The molecule has 48 heavy (non-hydrogen) atoms. The number of nitrogens with one attached hydrogen (secondary N) is 1. The number of fused-ring (bicyclic) bond motifs is 1. The van der Waals surface area contributed by atoms with Crippen molar-refractivity contribution in [2.24, 2.45) is 0 Å². The molecule has 2 aliphatic rings. The van der Waals surface area contributed by atoms with Crippen molar-refractivity contribution in [3.63, 3.8) is 0 Å². The summed E-state index contributed by atoms with van der Waals surface area (Å²) in [5, 5.41) is 2.42. The zero-order valence-electron chi connectivity index (χ0n) is 28.2. The molecule has 0 bridgehead atoms. The van der Waals surface area contributed by atoms with Gasteiger partial charge >= 0.3 is 6.09 Å². The third kappa shape index (κ3) is 7.91. The van der Waals surface area contributed by atoms with Crippen LogP contribution < -0.4 is 15.1 Å². The molecule has 2 fully saturated rings. The third-order valence-electron chi connectivity index (χ3n) is 8.19. The summed E-state index contributed by atoms with van der Waals surface area (Å²) in [6.07, 6.45) is -3.58. The normalized spacial score (nSPS) is 18.7. The van der Waals surface area contributed by atoms with Gasteiger partial charge in [0.15, 0.2) is 5.82 Å². The Morgan fingerprint density at radius 2 is 1.73 bits per heavy atom. The lowest BCUT2D eigenvalue weighted by Crippen LogP contribution is -2.60. The van der Waals surface area contributed by atoms with Gasteiger partial charge in [0.1, 0.15) is 23.8 Å². The Balaban J connectivity index is 1.35. The molecule has 3 aromatic rings. The maximum absolute atomic E-state index is 14.3. The highest BCUT2D eigenvalue weighted by Gasteiger charge is 2.35. The van der Waals surface area contributed by atoms with Gasteiger partial charge in [0.05, 0.1) is 30.8 Å². The summed E-state index contributed by atoms with van der Waals surface area (Å²) in [5.74, 6) is 0.0645. The van der Waals surface area contributed by atoms with E-state index in [9.17, 15) is 23.2 Å². The van der Waals surface area contributed by atoms with Gasteiger partial charge in [-0.2, -0.15) is 9.97 Å². The predicted octanol–water partition coefficient (Wildman–Crippen LogP) is 3.00. The first-order valence-corrected chi connectivity index (χ1v) is 16.0. The molecule has 1 N–H and O–H groups in total. The van der Waals surface area contributed by atoms with E-state index in [-0.39, 0.29) is 37.0 Å². The van der Waals surface area contributed by atoms with Crippen LogP contribution in [0.4, 0.5) is 25.2 Å². The number of rotatable bonds is 8. The van der Waals surface area contributed by atoms with Gasteiger partial charge in [-0.25, -0.2) is 18.6 Å². The molecule has 0 radical (unpaired) electrons. The van der Waals surface area contributed by atoms with Crippen LogP contribution in [0, 0.1) is 0 Å². The van der Waals surface area contributed by atoms with E-state index < -0.39 is 29.9 Å². The number of likely N-dealkylation sites (N-methyl/N-ethyl adjacent to an activating group) is 1. The number of carbonyl (C=O) groups excluding carboxylic acids is 3. The fourth-order valence-electron chi connectivity index (χ4n) is 5.78. The maximum atomic E-state index is 14.3. The number of carbonyl (C=O) groups is 3. The molecule has 2 atom stereocenters. The molecule has 2 unspecified atom stereocenters.